The van der Waals surface area contributed by atoms with E-state index in [1.165, 1.54) is 6.07 Å². The Labute approximate surface area is 180 Å². The lowest BCUT2D eigenvalue weighted by Gasteiger charge is -2.20. The lowest BCUT2D eigenvalue weighted by atomic mass is 10.2. The summed E-state index contributed by atoms with van der Waals surface area (Å²) >= 11 is 0.529. The average Bonchev–Trinajstić information content (AvgIpc) is 2.72. The quantitative estimate of drug-likeness (QED) is 0.381. The minimum absolute atomic E-state index is 0.0771. The van der Waals surface area contributed by atoms with Crippen molar-refractivity contribution >= 4 is 34.2 Å². The number of aryl methyl sites for hydroxylation is 1. The first-order valence-electron chi connectivity index (χ1n) is 9.46. The van der Waals surface area contributed by atoms with Crippen molar-refractivity contribution in [3.8, 4) is 5.69 Å². The van der Waals surface area contributed by atoms with E-state index < -0.39 is 17.4 Å². The van der Waals surface area contributed by atoms with Gasteiger partial charge >= 0.3 is 6.18 Å². The van der Waals surface area contributed by atoms with Crippen molar-refractivity contribution in [1.29, 1.82) is 0 Å². The van der Waals surface area contributed by atoms with Crippen molar-refractivity contribution in [3.05, 3.63) is 88.7 Å². The molecule has 0 spiro atoms. The standard InChI is InChI=1S/C23H18F3N3OS/c1-15-12-18-21(22(27-15)31-14-23(24,25)26)19(30)13-20(28-16-8-4-2-5-9-16)29(18)17-10-6-3-7-11-17/h2-13,28H,14H2,1H3. The molecular weight excluding hydrogens is 423 g/mol. The van der Waals surface area contributed by atoms with E-state index in [2.05, 4.69) is 10.3 Å². The highest BCUT2D eigenvalue weighted by Crippen LogP contribution is 2.33. The lowest BCUT2D eigenvalue weighted by molar-refractivity contribution is -0.105. The molecule has 0 radical (unpaired) electrons. The third kappa shape index (κ3) is 4.74. The molecule has 0 aliphatic heterocycles. The first-order valence-corrected chi connectivity index (χ1v) is 10.4. The maximum atomic E-state index is 13.0. The summed E-state index contributed by atoms with van der Waals surface area (Å²) in [6.07, 6.45) is -4.37. The molecule has 0 unspecified atom stereocenters. The van der Waals surface area contributed by atoms with Gasteiger partial charge in [-0.1, -0.05) is 48.2 Å². The van der Waals surface area contributed by atoms with Crippen LogP contribution in [0.5, 0.6) is 0 Å². The largest absolute Gasteiger partial charge is 0.398 e. The Kier molecular flexibility index (Phi) is 5.73. The van der Waals surface area contributed by atoms with Gasteiger partial charge in [0.1, 0.15) is 10.8 Å². The molecule has 0 aliphatic rings. The van der Waals surface area contributed by atoms with E-state index in [4.69, 9.17) is 0 Å². The number of rotatable bonds is 5. The fourth-order valence-electron chi connectivity index (χ4n) is 3.30. The monoisotopic (exact) mass is 441 g/mol. The van der Waals surface area contributed by atoms with Crippen LogP contribution in [0.25, 0.3) is 16.6 Å². The molecule has 0 amide bonds. The Morgan fingerprint density at radius 2 is 1.65 bits per heavy atom. The number of halogens is 3. The smallest absolute Gasteiger partial charge is 0.341 e. The van der Waals surface area contributed by atoms with Gasteiger partial charge in [-0.15, -0.1) is 0 Å². The van der Waals surface area contributed by atoms with Crippen LogP contribution in [0.3, 0.4) is 0 Å². The highest BCUT2D eigenvalue weighted by molar-refractivity contribution is 7.99. The van der Waals surface area contributed by atoms with Gasteiger partial charge in [-0.25, -0.2) is 4.98 Å². The minimum atomic E-state index is -4.37. The predicted octanol–water partition coefficient (Wildman–Crippen LogP) is 6.09. The van der Waals surface area contributed by atoms with E-state index in [1.54, 1.807) is 13.0 Å². The summed E-state index contributed by atoms with van der Waals surface area (Å²) < 4.78 is 40.4. The topological polar surface area (TPSA) is 46.9 Å². The van der Waals surface area contributed by atoms with E-state index in [9.17, 15) is 18.0 Å². The molecule has 4 rings (SSSR count). The molecule has 0 bridgehead atoms. The van der Waals surface area contributed by atoms with Crippen molar-refractivity contribution in [3.63, 3.8) is 0 Å². The second-order valence-corrected chi connectivity index (χ2v) is 7.89. The molecule has 1 N–H and O–H groups in total. The molecule has 2 aromatic heterocycles. The number of para-hydroxylation sites is 2. The molecule has 0 fully saturated rings. The van der Waals surface area contributed by atoms with Crippen LogP contribution in [0.4, 0.5) is 24.7 Å². The maximum absolute atomic E-state index is 13.0. The minimum Gasteiger partial charge on any atom is -0.341 e. The third-order valence-corrected chi connectivity index (χ3v) is 5.56. The van der Waals surface area contributed by atoms with Gasteiger partial charge < -0.3 is 5.32 Å². The Morgan fingerprint density at radius 1 is 1.00 bits per heavy atom. The normalized spacial score (nSPS) is 11.6. The summed E-state index contributed by atoms with van der Waals surface area (Å²) in [4.78, 5) is 17.3. The van der Waals surface area contributed by atoms with Crippen molar-refractivity contribution in [2.45, 2.75) is 18.1 Å². The van der Waals surface area contributed by atoms with Crippen molar-refractivity contribution < 1.29 is 13.2 Å². The van der Waals surface area contributed by atoms with Crippen LogP contribution in [-0.4, -0.2) is 21.5 Å². The van der Waals surface area contributed by atoms with E-state index in [0.717, 1.165) is 11.4 Å². The molecule has 0 saturated carbocycles. The van der Waals surface area contributed by atoms with Crippen LogP contribution in [-0.2, 0) is 0 Å². The SMILES string of the molecule is Cc1cc2c(c(SCC(F)(F)F)n1)c(=O)cc(Nc1ccccc1)n2-c1ccccc1. The third-order valence-electron chi connectivity index (χ3n) is 4.52. The van der Waals surface area contributed by atoms with E-state index in [0.29, 0.717) is 28.8 Å². The number of aromatic nitrogens is 2. The number of benzene rings is 2. The lowest BCUT2D eigenvalue weighted by Crippen LogP contribution is -2.15. The predicted molar refractivity (Wildman–Crippen MR) is 119 cm³/mol. The van der Waals surface area contributed by atoms with E-state index >= 15 is 0 Å². The second-order valence-electron chi connectivity index (χ2n) is 6.92. The van der Waals surface area contributed by atoms with Gasteiger partial charge in [0.05, 0.1) is 16.7 Å². The molecule has 4 aromatic rings. The van der Waals surface area contributed by atoms with Crippen molar-refractivity contribution in [2.24, 2.45) is 0 Å². The fourth-order valence-corrected chi connectivity index (χ4v) is 4.16. The molecular formula is C23H18F3N3OS. The number of nitrogens with one attached hydrogen (secondary N) is 1. The number of hydrogen-bond acceptors (Lipinski definition) is 4. The summed E-state index contributed by atoms with van der Waals surface area (Å²) in [7, 11) is 0. The van der Waals surface area contributed by atoms with Gasteiger partial charge in [0.2, 0.25) is 0 Å². The highest BCUT2D eigenvalue weighted by atomic mass is 32.2. The summed E-state index contributed by atoms with van der Waals surface area (Å²) in [5.74, 6) is -0.611. The molecule has 4 nitrogen and oxygen atoms in total. The molecule has 0 atom stereocenters. The van der Waals surface area contributed by atoms with Crippen LogP contribution in [0.1, 0.15) is 5.69 Å². The van der Waals surface area contributed by atoms with Gasteiger partial charge in [0, 0.05) is 23.1 Å². The summed E-state index contributed by atoms with van der Waals surface area (Å²) in [6, 6.07) is 21.8. The van der Waals surface area contributed by atoms with Gasteiger partial charge in [0.15, 0.2) is 5.43 Å². The summed E-state index contributed by atoms with van der Waals surface area (Å²) in [6.45, 7) is 1.70. The summed E-state index contributed by atoms with van der Waals surface area (Å²) in [5.41, 5.74) is 2.18. The van der Waals surface area contributed by atoms with Crippen LogP contribution >= 0.6 is 11.8 Å². The zero-order valence-electron chi connectivity index (χ0n) is 16.5. The Morgan fingerprint density at radius 3 is 2.29 bits per heavy atom. The fraction of sp³-hybridized carbons (Fsp3) is 0.130. The Balaban J connectivity index is 1.98. The molecule has 31 heavy (non-hydrogen) atoms. The zero-order chi connectivity index (χ0) is 22.0. The van der Waals surface area contributed by atoms with Gasteiger partial charge in [-0.05, 0) is 37.3 Å². The highest BCUT2D eigenvalue weighted by Gasteiger charge is 2.28. The van der Waals surface area contributed by atoms with E-state index in [-0.39, 0.29) is 10.4 Å². The van der Waals surface area contributed by atoms with Crippen LogP contribution in [0.15, 0.2) is 82.6 Å². The number of anilines is 2. The molecule has 0 aliphatic carbocycles. The van der Waals surface area contributed by atoms with Crippen LogP contribution < -0.4 is 10.7 Å². The van der Waals surface area contributed by atoms with Crippen LogP contribution in [0, 0.1) is 6.92 Å². The van der Waals surface area contributed by atoms with Crippen molar-refractivity contribution in [2.75, 3.05) is 11.1 Å². The van der Waals surface area contributed by atoms with Crippen molar-refractivity contribution in [1.82, 2.24) is 9.55 Å². The first-order chi connectivity index (χ1) is 14.8. The Hall–Kier alpha value is -3.26. The molecule has 2 heterocycles. The van der Waals surface area contributed by atoms with Gasteiger partial charge in [-0.3, -0.25) is 9.36 Å². The zero-order valence-corrected chi connectivity index (χ0v) is 17.3. The summed E-state index contributed by atoms with van der Waals surface area (Å²) in [5, 5.41) is 3.50. The molecule has 158 valence electrons. The second kappa shape index (κ2) is 8.47. The number of pyridine rings is 2. The Bertz CT molecular complexity index is 1270. The maximum Gasteiger partial charge on any atom is 0.398 e. The number of thioether (sulfide) groups is 1. The van der Waals surface area contributed by atoms with E-state index in [1.807, 2.05) is 65.2 Å². The number of fused-ring (bicyclic) bond motifs is 1. The first kappa shape index (κ1) is 21.0. The number of alkyl halides is 3. The molecule has 2 aromatic carbocycles. The number of hydrogen-bond donors (Lipinski definition) is 1. The van der Waals surface area contributed by atoms with Gasteiger partial charge in [0.25, 0.3) is 0 Å². The van der Waals surface area contributed by atoms with Crippen LogP contribution in [0.2, 0.25) is 0 Å². The average molecular weight is 441 g/mol. The molecule has 8 heteroatoms. The number of nitrogens with zero attached hydrogens (tertiary/aromatic N) is 2. The molecule has 0 saturated heterocycles. The van der Waals surface area contributed by atoms with Gasteiger partial charge in [-0.2, -0.15) is 13.2 Å².